The summed E-state index contributed by atoms with van der Waals surface area (Å²) in [7, 11) is 0. The number of amides is 2. The van der Waals surface area contributed by atoms with Gasteiger partial charge in [-0.05, 0) is 72.6 Å². The Balaban J connectivity index is 2.46. The van der Waals surface area contributed by atoms with E-state index >= 15 is 0 Å². The van der Waals surface area contributed by atoms with E-state index in [-0.39, 0.29) is 41.7 Å². The van der Waals surface area contributed by atoms with Crippen LogP contribution in [0.5, 0.6) is 0 Å². The van der Waals surface area contributed by atoms with Crippen molar-refractivity contribution in [3.05, 3.63) is 58.7 Å². The van der Waals surface area contributed by atoms with Crippen molar-refractivity contribution in [2.75, 3.05) is 9.80 Å². The Labute approximate surface area is 231 Å². The highest BCUT2D eigenvalue weighted by Gasteiger charge is 2.53. The zero-order chi connectivity index (χ0) is 28.5. The summed E-state index contributed by atoms with van der Waals surface area (Å²) in [4.78, 5) is 33.0. The zero-order valence-corrected chi connectivity index (χ0v) is 25.7. The Bertz CT molecular complexity index is 1020. The molecule has 2 aromatic rings. The molecule has 2 aromatic carbocycles. The molecule has 0 bridgehead atoms. The quantitative estimate of drug-likeness (QED) is 0.311. The summed E-state index contributed by atoms with van der Waals surface area (Å²) < 4.78 is 0. The molecule has 0 spiro atoms. The number of hydrogen-bond acceptors (Lipinski definition) is 2. The third-order valence-electron chi connectivity index (χ3n) is 8.09. The molecule has 0 aliphatic carbocycles. The normalized spacial score (nSPS) is 16.6. The molecule has 1 aliphatic rings. The molecule has 4 heteroatoms. The van der Waals surface area contributed by atoms with Gasteiger partial charge < -0.3 is 0 Å². The number of benzene rings is 2. The Morgan fingerprint density at radius 2 is 0.974 bits per heavy atom. The molecule has 0 radical (unpaired) electrons. The summed E-state index contributed by atoms with van der Waals surface area (Å²) in [5.41, 5.74) is 5.48. The molecule has 4 nitrogen and oxygen atoms in total. The molecule has 208 valence electrons. The molecule has 1 heterocycles. The average molecular weight is 519 g/mol. The summed E-state index contributed by atoms with van der Waals surface area (Å²) >= 11 is 0. The topological polar surface area (TPSA) is 40.6 Å². The van der Waals surface area contributed by atoms with Crippen LogP contribution in [0.15, 0.2) is 36.4 Å². The van der Waals surface area contributed by atoms with Gasteiger partial charge in [-0.2, -0.15) is 0 Å². The van der Waals surface area contributed by atoms with Crippen LogP contribution in [-0.2, 0) is 9.59 Å². The van der Waals surface area contributed by atoms with Crippen molar-refractivity contribution in [1.82, 2.24) is 0 Å². The fourth-order valence-electron chi connectivity index (χ4n) is 5.81. The number of carbonyl (C=O) groups is 2. The van der Waals surface area contributed by atoms with E-state index in [2.05, 4.69) is 98.7 Å². The predicted molar refractivity (Wildman–Crippen MR) is 161 cm³/mol. The van der Waals surface area contributed by atoms with Crippen molar-refractivity contribution in [2.45, 2.75) is 125 Å². The van der Waals surface area contributed by atoms with E-state index in [1.54, 1.807) is 0 Å². The fourth-order valence-corrected chi connectivity index (χ4v) is 5.81. The number of anilines is 2. The van der Waals surface area contributed by atoms with Crippen molar-refractivity contribution < 1.29 is 9.59 Å². The number of para-hydroxylation sites is 2. The van der Waals surface area contributed by atoms with Crippen molar-refractivity contribution >= 4 is 23.2 Å². The maximum absolute atomic E-state index is 14.5. The van der Waals surface area contributed by atoms with Gasteiger partial charge in [0, 0.05) is 0 Å². The van der Waals surface area contributed by atoms with Gasteiger partial charge in [-0.1, -0.05) is 105 Å². The molecular weight excluding hydrogens is 468 g/mol. The summed E-state index contributed by atoms with van der Waals surface area (Å²) in [5, 5.41) is 0. The van der Waals surface area contributed by atoms with Crippen molar-refractivity contribution in [2.24, 2.45) is 5.41 Å². The van der Waals surface area contributed by atoms with Gasteiger partial charge in [0.15, 0.2) is 0 Å². The third kappa shape index (κ3) is 5.28. The first-order valence-electron chi connectivity index (χ1n) is 14.7. The lowest BCUT2D eigenvalue weighted by Crippen LogP contribution is -2.67. The number of hydrogen-bond donors (Lipinski definition) is 0. The lowest BCUT2D eigenvalue weighted by Gasteiger charge is -2.51. The van der Waals surface area contributed by atoms with Gasteiger partial charge in [0.25, 0.3) is 0 Å². The molecule has 0 atom stereocenters. The smallest absolute Gasteiger partial charge is 0.243 e. The van der Waals surface area contributed by atoms with Crippen LogP contribution < -0.4 is 9.80 Å². The van der Waals surface area contributed by atoms with Gasteiger partial charge in [-0.15, -0.1) is 0 Å². The Morgan fingerprint density at radius 3 is 1.24 bits per heavy atom. The second kappa shape index (κ2) is 11.6. The Hall–Kier alpha value is -2.62. The highest BCUT2D eigenvalue weighted by Crippen LogP contribution is 2.47. The highest BCUT2D eigenvalue weighted by molar-refractivity contribution is 6.20. The van der Waals surface area contributed by atoms with Crippen LogP contribution in [0.4, 0.5) is 11.4 Å². The largest absolute Gasteiger partial charge is 0.289 e. The van der Waals surface area contributed by atoms with E-state index in [0.717, 1.165) is 52.9 Å². The molecule has 0 saturated carbocycles. The van der Waals surface area contributed by atoms with Gasteiger partial charge in [0.2, 0.25) is 11.8 Å². The van der Waals surface area contributed by atoms with Crippen molar-refractivity contribution in [1.29, 1.82) is 0 Å². The molecule has 1 saturated heterocycles. The molecule has 0 unspecified atom stereocenters. The standard InChI is InChI=1S/C34H50N2O2/c1-12-13-20-29-35(30-25(21(2)3)16-14-17-26(30)22(4)5)32(37)34(10,11)33(38)36(29)31-27(23(6)7)18-15-19-28(31)24(8)9/h14-19,21-24,29H,12-13,20H2,1-11H3. The molecule has 0 N–H and O–H groups in total. The number of rotatable bonds is 9. The first-order chi connectivity index (χ1) is 17.8. The fraction of sp³-hybridized carbons (Fsp3) is 0.588. The highest BCUT2D eigenvalue weighted by atomic mass is 16.2. The van der Waals surface area contributed by atoms with Gasteiger partial charge in [0.05, 0.1) is 11.4 Å². The van der Waals surface area contributed by atoms with Gasteiger partial charge in [0.1, 0.15) is 11.6 Å². The van der Waals surface area contributed by atoms with E-state index in [0.29, 0.717) is 0 Å². The van der Waals surface area contributed by atoms with Crippen LogP contribution in [-0.4, -0.2) is 18.0 Å². The summed E-state index contributed by atoms with van der Waals surface area (Å²) in [6.07, 6.45) is 2.28. The van der Waals surface area contributed by atoms with Crippen molar-refractivity contribution in [3.63, 3.8) is 0 Å². The Morgan fingerprint density at radius 1 is 0.658 bits per heavy atom. The lowest BCUT2D eigenvalue weighted by molar-refractivity contribution is -0.141. The zero-order valence-electron chi connectivity index (χ0n) is 25.7. The molecule has 2 amide bonds. The summed E-state index contributed by atoms with van der Waals surface area (Å²) in [6, 6.07) is 12.9. The molecule has 3 rings (SSSR count). The predicted octanol–water partition coefficient (Wildman–Crippen LogP) is 9.10. The SMILES string of the molecule is CCCCC1N(c2c(C(C)C)cccc2C(C)C)C(=O)C(C)(C)C(=O)N1c1c(C(C)C)cccc1C(C)C. The third-order valence-corrected chi connectivity index (χ3v) is 8.09. The second-order valence-electron chi connectivity index (χ2n) is 12.8. The first-order valence-corrected chi connectivity index (χ1v) is 14.7. The van der Waals surface area contributed by atoms with Crippen LogP contribution in [0.1, 0.15) is 141 Å². The van der Waals surface area contributed by atoms with E-state index in [1.165, 1.54) is 0 Å². The van der Waals surface area contributed by atoms with E-state index in [9.17, 15) is 9.59 Å². The summed E-state index contributed by atoms with van der Waals surface area (Å²) in [5.74, 6) is 0.780. The van der Waals surface area contributed by atoms with Crippen LogP contribution >= 0.6 is 0 Å². The number of unbranched alkanes of at least 4 members (excludes halogenated alkanes) is 1. The molecule has 38 heavy (non-hydrogen) atoms. The molecular formula is C34H50N2O2. The van der Waals surface area contributed by atoms with Gasteiger partial charge in [-0.25, -0.2) is 0 Å². The molecule has 0 aromatic heterocycles. The van der Waals surface area contributed by atoms with E-state index in [4.69, 9.17) is 0 Å². The van der Waals surface area contributed by atoms with Crippen LogP contribution in [0.25, 0.3) is 0 Å². The Kier molecular flexibility index (Phi) is 9.16. The lowest BCUT2D eigenvalue weighted by atomic mass is 9.81. The van der Waals surface area contributed by atoms with Gasteiger partial charge in [-0.3, -0.25) is 19.4 Å². The van der Waals surface area contributed by atoms with Crippen LogP contribution in [0.3, 0.4) is 0 Å². The summed E-state index contributed by atoms with van der Waals surface area (Å²) in [6.45, 7) is 23.3. The van der Waals surface area contributed by atoms with E-state index in [1.807, 2.05) is 23.6 Å². The average Bonchev–Trinajstić information content (AvgIpc) is 2.85. The second-order valence-corrected chi connectivity index (χ2v) is 12.8. The minimum atomic E-state index is -1.18. The van der Waals surface area contributed by atoms with E-state index < -0.39 is 5.41 Å². The van der Waals surface area contributed by atoms with Gasteiger partial charge >= 0.3 is 0 Å². The monoisotopic (exact) mass is 518 g/mol. The first kappa shape index (κ1) is 29.9. The van der Waals surface area contributed by atoms with Crippen LogP contribution in [0.2, 0.25) is 0 Å². The minimum Gasteiger partial charge on any atom is -0.289 e. The number of nitrogens with zero attached hydrogens (tertiary/aromatic N) is 2. The maximum atomic E-state index is 14.5. The van der Waals surface area contributed by atoms with Crippen molar-refractivity contribution in [3.8, 4) is 0 Å². The minimum absolute atomic E-state index is 0.0945. The molecule has 1 aliphatic heterocycles. The number of carbonyl (C=O) groups excluding carboxylic acids is 2. The van der Waals surface area contributed by atoms with Crippen LogP contribution in [0, 0.1) is 5.41 Å². The molecule has 1 fully saturated rings. The maximum Gasteiger partial charge on any atom is 0.243 e.